The van der Waals surface area contributed by atoms with Gasteiger partial charge >= 0.3 is 0 Å². The van der Waals surface area contributed by atoms with Crippen LogP contribution in [0.2, 0.25) is 0 Å². The molecule has 0 aromatic heterocycles. The highest BCUT2D eigenvalue weighted by Gasteiger charge is 1.85. The summed E-state index contributed by atoms with van der Waals surface area (Å²) in [6.07, 6.45) is 0. The molecule has 0 heterocycles. The van der Waals surface area contributed by atoms with E-state index in [1.807, 2.05) is 31.3 Å². The molecule has 4 N–H and O–H groups in total. The first-order valence-corrected chi connectivity index (χ1v) is 3.31. The highest BCUT2D eigenvalue weighted by molar-refractivity contribution is 5.53. The molecule has 0 amide bonds. The summed E-state index contributed by atoms with van der Waals surface area (Å²) in [5.41, 5.74) is 7.34. The molecule has 0 radical (unpaired) electrons. The lowest BCUT2D eigenvalue weighted by atomic mass is 10.3. The average molecular weight is 154 g/mol. The Bertz CT molecular complexity index is 201. The van der Waals surface area contributed by atoms with Crippen molar-refractivity contribution in [2.24, 2.45) is 0 Å². The average Bonchev–Trinajstić information content (AvgIpc) is 2.08. The fraction of sp³-hybridized carbons (Fsp3) is 0.250. The SMILES string of the molecule is CNc1cccc(N)c1.CO. The molecule has 0 saturated carbocycles. The topological polar surface area (TPSA) is 58.3 Å². The summed E-state index contributed by atoms with van der Waals surface area (Å²) in [4.78, 5) is 0. The van der Waals surface area contributed by atoms with Crippen molar-refractivity contribution in [1.82, 2.24) is 0 Å². The normalized spacial score (nSPS) is 7.91. The molecule has 0 atom stereocenters. The molecule has 0 saturated heterocycles. The second-order valence-corrected chi connectivity index (χ2v) is 1.88. The molecule has 0 bridgehead atoms. The molecule has 0 aliphatic rings. The fourth-order valence-electron chi connectivity index (χ4n) is 0.694. The smallest absolute Gasteiger partial charge is 0.0358 e. The number of aliphatic hydroxyl groups excluding tert-OH is 1. The number of nitrogens with two attached hydrogens (primary N) is 1. The molecule has 0 aliphatic heterocycles. The summed E-state index contributed by atoms with van der Waals surface area (Å²) in [6, 6.07) is 7.64. The Morgan fingerprint density at radius 1 is 1.36 bits per heavy atom. The van der Waals surface area contributed by atoms with Gasteiger partial charge in [0.15, 0.2) is 0 Å². The Morgan fingerprint density at radius 2 is 2.00 bits per heavy atom. The Labute approximate surface area is 66.9 Å². The minimum absolute atomic E-state index is 0.793. The van der Waals surface area contributed by atoms with Gasteiger partial charge in [-0.1, -0.05) is 6.07 Å². The predicted octanol–water partition coefficient (Wildman–Crippen LogP) is 0.919. The van der Waals surface area contributed by atoms with E-state index >= 15 is 0 Å². The Balaban J connectivity index is 0.000000461. The second kappa shape index (κ2) is 5.56. The molecule has 1 aromatic rings. The van der Waals surface area contributed by atoms with Gasteiger partial charge in [-0.05, 0) is 18.2 Å². The third-order valence-electron chi connectivity index (χ3n) is 1.18. The second-order valence-electron chi connectivity index (χ2n) is 1.88. The van der Waals surface area contributed by atoms with Crippen molar-refractivity contribution < 1.29 is 5.11 Å². The van der Waals surface area contributed by atoms with Crippen molar-refractivity contribution in [2.75, 3.05) is 25.2 Å². The lowest BCUT2D eigenvalue weighted by Crippen LogP contribution is -1.89. The van der Waals surface area contributed by atoms with Crippen LogP contribution in [0.1, 0.15) is 0 Å². The molecule has 3 heteroatoms. The molecule has 0 spiro atoms. The van der Waals surface area contributed by atoms with Gasteiger partial charge in [-0.3, -0.25) is 0 Å². The summed E-state index contributed by atoms with van der Waals surface area (Å²) >= 11 is 0. The van der Waals surface area contributed by atoms with E-state index in [9.17, 15) is 0 Å². The monoisotopic (exact) mass is 154 g/mol. The van der Waals surface area contributed by atoms with E-state index in [-0.39, 0.29) is 0 Å². The third-order valence-corrected chi connectivity index (χ3v) is 1.18. The van der Waals surface area contributed by atoms with E-state index in [0.29, 0.717) is 0 Å². The van der Waals surface area contributed by atoms with Crippen LogP contribution >= 0.6 is 0 Å². The summed E-state index contributed by atoms with van der Waals surface area (Å²) in [5, 5.41) is 9.99. The number of hydrogen-bond donors (Lipinski definition) is 3. The van der Waals surface area contributed by atoms with E-state index in [1.165, 1.54) is 0 Å². The highest BCUT2D eigenvalue weighted by Crippen LogP contribution is 2.09. The molecule has 0 fully saturated rings. The number of nitrogens with one attached hydrogen (secondary N) is 1. The zero-order valence-corrected chi connectivity index (χ0v) is 6.83. The van der Waals surface area contributed by atoms with Crippen LogP contribution < -0.4 is 11.1 Å². The maximum Gasteiger partial charge on any atom is 0.0358 e. The van der Waals surface area contributed by atoms with Crippen LogP contribution in [0.25, 0.3) is 0 Å². The van der Waals surface area contributed by atoms with Crippen LogP contribution in [0.3, 0.4) is 0 Å². The number of aliphatic hydroxyl groups is 1. The molecule has 0 aliphatic carbocycles. The van der Waals surface area contributed by atoms with Crippen molar-refractivity contribution in [1.29, 1.82) is 0 Å². The summed E-state index contributed by atoms with van der Waals surface area (Å²) in [5.74, 6) is 0. The molecular weight excluding hydrogens is 140 g/mol. The highest BCUT2D eigenvalue weighted by atomic mass is 16.2. The van der Waals surface area contributed by atoms with Crippen LogP contribution in [-0.4, -0.2) is 19.3 Å². The fourth-order valence-corrected chi connectivity index (χ4v) is 0.694. The maximum atomic E-state index is 7.00. The van der Waals surface area contributed by atoms with E-state index in [1.54, 1.807) is 0 Å². The predicted molar refractivity (Wildman–Crippen MR) is 48.5 cm³/mol. The summed E-state index contributed by atoms with van der Waals surface area (Å²) < 4.78 is 0. The zero-order chi connectivity index (χ0) is 8.69. The minimum Gasteiger partial charge on any atom is -0.400 e. The van der Waals surface area contributed by atoms with Gasteiger partial charge in [0.25, 0.3) is 0 Å². The van der Waals surface area contributed by atoms with E-state index in [4.69, 9.17) is 10.8 Å². The number of benzene rings is 1. The molecular formula is C8H14N2O. The maximum absolute atomic E-state index is 7.00. The first kappa shape index (κ1) is 9.78. The number of anilines is 2. The van der Waals surface area contributed by atoms with Gasteiger partial charge in [-0.15, -0.1) is 0 Å². The largest absolute Gasteiger partial charge is 0.400 e. The van der Waals surface area contributed by atoms with Gasteiger partial charge in [-0.25, -0.2) is 0 Å². The van der Waals surface area contributed by atoms with Crippen molar-refractivity contribution in [3.05, 3.63) is 24.3 Å². The van der Waals surface area contributed by atoms with Crippen molar-refractivity contribution >= 4 is 11.4 Å². The molecule has 1 rings (SSSR count). The summed E-state index contributed by atoms with van der Waals surface area (Å²) in [7, 11) is 2.87. The lowest BCUT2D eigenvalue weighted by molar-refractivity contribution is 0.399. The van der Waals surface area contributed by atoms with Crippen LogP contribution in [0, 0.1) is 0 Å². The number of hydrogen-bond acceptors (Lipinski definition) is 3. The Kier molecular flexibility index (Phi) is 4.94. The Hall–Kier alpha value is -1.22. The van der Waals surface area contributed by atoms with E-state index in [2.05, 4.69) is 5.32 Å². The zero-order valence-electron chi connectivity index (χ0n) is 6.83. The summed E-state index contributed by atoms with van der Waals surface area (Å²) in [6.45, 7) is 0. The van der Waals surface area contributed by atoms with Crippen molar-refractivity contribution in [3.8, 4) is 0 Å². The van der Waals surface area contributed by atoms with Gasteiger partial charge < -0.3 is 16.2 Å². The van der Waals surface area contributed by atoms with Gasteiger partial charge in [0.05, 0.1) is 0 Å². The van der Waals surface area contributed by atoms with Gasteiger partial charge in [-0.2, -0.15) is 0 Å². The van der Waals surface area contributed by atoms with E-state index < -0.39 is 0 Å². The minimum atomic E-state index is 0.793. The van der Waals surface area contributed by atoms with E-state index in [0.717, 1.165) is 18.5 Å². The van der Waals surface area contributed by atoms with Gasteiger partial charge in [0.1, 0.15) is 0 Å². The Morgan fingerprint density at radius 3 is 2.36 bits per heavy atom. The van der Waals surface area contributed by atoms with Gasteiger partial charge in [0, 0.05) is 25.5 Å². The third kappa shape index (κ3) is 3.47. The standard InChI is InChI=1S/C7H10N2.CH4O/c1-9-7-4-2-3-6(8)5-7;1-2/h2-5,9H,8H2,1H3;2H,1H3. The van der Waals surface area contributed by atoms with Crippen molar-refractivity contribution in [2.45, 2.75) is 0 Å². The first-order valence-electron chi connectivity index (χ1n) is 3.31. The number of nitrogen functional groups attached to an aromatic ring is 1. The van der Waals surface area contributed by atoms with Gasteiger partial charge in [0.2, 0.25) is 0 Å². The molecule has 11 heavy (non-hydrogen) atoms. The lowest BCUT2D eigenvalue weighted by Gasteiger charge is -1.98. The van der Waals surface area contributed by atoms with Crippen LogP contribution in [0.4, 0.5) is 11.4 Å². The number of rotatable bonds is 1. The van der Waals surface area contributed by atoms with Crippen LogP contribution in [0.15, 0.2) is 24.3 Å². The molecule has 1 aromatic carbocycles. The van der Waals surface area contributed by atoms with Crippen molar-refractivity contribution in [3.63, 3.8) is 0 Å². The molecule has 62 valence electrons. The van der Waals surface area contributed by atoms with Crippen LogP contribution in [0.5, 0.6) is 0 Å². The van der Waals surface area contributed by atoms with Crippen LogP contribution in [-0.2, 0) is 0 Å². The molecule has 3 nitrogen and oxygen atoms in total. The quantitative estimate of drug-likeness (QED) is 0.527. The molecule has 0 unspecified atom stereocenters. The first-order chi connectivity index (χ1) is 5.33.